The van der Waals surface area contributed by atoms with Crippen molar-refractivity contribution in [3.05, 3.63) is 64.1 Å². The van der Waals surface area contributed by atoms with Crippen LogP contribution in [0.15, 0.2) is 57.9 Å². The second-order valence-corrected chi connectivity index (χ2v) is 8.21. The molecule has 2 aromatic carbocycles. The molecule has 0 aliphatic carbocycles. The largest absolute Gasteiger partial charge is 0.317 e. The summed E-state index contributed by atoms with van der Waals surface area (Å²) in [4.78, 5) is 3.78. The zero-order valence-corrected chi connectivity index (χ0v) is 16.9. The molecule has 1 aliphatic rings. The Morgan fingerprint density at radius 3 is 2.28 bits per heavy atom. The van der Waals surface area contributed by atoms with Crippen molar-refractivity contribution >= 4 is 27.9 Å². The molecule has 3 N–H and O–H groups in total. The minimum Gasteiger partial charge on any atom is -0.317 e. The van der Waals surface area contributed by atoms with Crippen LogP contribution < -0.4 is 10.5 Å². The molecule has 0 aromatic heterocycles. The lowest BCUT2D eigenvalue weighted by molar-refractivity contribution is 0.155. The van der Waals surface area contributed by atoms with Crippen LogP contribution in [0.5, 0.6) is 0 Å². The smallest absolute Gasteiger partial charge is 0.0236 e. The number of nitrogens with one attached hydrogen (secondary N) is 1. The molecule has 2 aromatic rings. The highest BCUT2D eigenvalue weighted by molar-refractivity contribution is 9.10. The molecule has 0 unspecified atom stereocenters. The average Bonchev–Trinajstić information content (AvgIpc) is 2.67. The second-order valence-electron chi connectivity index (χ2n) is 6.59. The van der Waals surface area contributed by atoms with Gasteiger partial charge in [-0.05, 0) is 79.7 Å². The molecule has 0 saturated carbocycles. The first-order chi connectivity index (χ1) is 12.2. The van der Waals surface area contributed by atoms with E-state index in [2.05, 4.69) is 74.7 Å². The third-order valence-corrected chi connectivity index (χ3v) is 5.94. The molecular formula is C20H26BrN3S. The summed E-state index contributed by atoms with van der Waals surface area (Å²) >= 11 is 4.82. The van der Waals surface area contributed by atoms with Gasteiger partial charge >= 0.3 is 0 Å². The number of benzene rings is 2. The van der Waals surface area contributed by atoms with Gasteiger partial charge in [0.05, 0.1) is 0 Å². The number of nitrogens with zero attached hydrogens (tertiary/aromatic N) is 1. The van der Waals surface area contributed by atoms with Crippen LogP contribution in [0.2, 0.25) is 0 Å². The van der Waals surface area contributed by atoms with Gasteiger partial charge in [-0.1, -0.05) is 40.2 Å². The van der Waals surface area contributed by atoms with Crippen LogP contribution in [0.4, 0.5) is 0 Å². The summed E-state index contributed by atoms with van der Waals surface area (Å²) in [7, 11) is 0. The van der Waals surface area contributed by atoms with Crippen LogP contribution in [0.25, 0.3) is 0 Å². The van der Waals surface area contributed by atoms with E-state index >= 15 is 0 Å². The maximum Gasteiger partial charge on any atom is 0.0236 e. The molecule has 3 rings (SSSR count). The Labute approximate surface area is 163 Å². The van der Waals surface area contributed by atoms with Crippen molar-refractivity contribution in [3.8, 4) is 0 Å². The Bertz CT molecular complexity index is 639. The van der Waals surface area contributed by atoms with E-state index in [0.29, 0.717) is 6.04 Å². The monoisotopic (exact) mass is 419 g/mol. The predicted octanol–water partition coefficient (Wildman–Crippen LogP) is 4.21. The number of hydrogen-bond donors (Lipinski definition) is 2. The normalized spacial score (nSPS) is 15.6. The third kappa shape index (κ3) is 5.83. The Hall–Kier alpha value is -0.850. The predicted molar refractivity (Wildman–Crippen MR) is 111 cm³/mol. The quantitative estimate of drug-likeness (QED) is 0.659. The number of rotatable bonds is 7. The maximum absolute atomic E-state index is 5.64. The van der Waals surface area contributed by atoms with Crippen molar-refractivity contribution < 1.29 is 0 Å². The van der Waals surface area contributed by atoms with Crippen molar-refractivity contribution in [2.75, 3.05) is 19.6 Å². The second kappa shape index (κ2) is 9.74. The average molecular weight is 420 g/mol. The van der Waals surface area contributed by atoms with E-state index in [1.807, 2.05) is 0 Å². The van der Waals surface area contributed by atoms with Crippen molar-refractivity contribution in [2.24, 2.45) is 5.14 Å². The molecular weight excluding hydrogens is 394 g/mol. The van der Waals surface area contributed by atoms with Gasteiger partial charge in [0.15, 0.2) is 0 Å². The molecule has 5 heteroatoms. The van der Waals surface area contributed by atoms with Gasteiger partial charge in [0.1, 0.15) is 0 Å². The van der Waals surface area contributed by atoms with Crippen molar-refractivity contribution in [1.29, 1.82) is 0 Å². The van der Waals surface area contributed by atoms with Gasteiger partial charge in [-0.25, -0.2) is 0 Å². The van der Waals surface area contributed by atoms with Crippen LogP contribution in [0.1, 0.15) is 24.0 Å². The molecule has 1 fully saturated rings. The van der Waals surface area contributed by atoms with Crippen LogP contribution in [0.3, 0.4) is 0 Å². The molecule has 3 nitrogen and oxygen atoms in total. The van der Waals surface area contributed by atoms with Crippen LogP contribution >= 0.6 is 27.9 Å². The summed E-state index contributed by atoms with van der Waals surface area (Å²) < 4.78 is 1.14. The van der Waals surface area contributed by atoms with E-state index in [9.17, 15) is 0 Å². The zero-order valence-electron chi connectivity index (χ0n) is 14.5. The van der Waals surface area contributed by atoms with Crippen LogP contribution in [-0.4, -0.2) is 30.6 Å². The Morgan fingerprint density at radius 2 is 1.64 bits per heavy atom. The first-order valence-electron chi connectivity index (χ1n) is 8.89. The van der Waals surface area contributed by atoms with E-state index in [1.165, 1.54) is 35.9 Å². The molecule has 0 radical (unpaired) electrons. The lowest BCUT2D eigenvalue weighted by Gasteiger charge is -2.35. The lowest BCUT2D eigenvalue weighted by atomic mass is 10.0. The summed E-state index contributed by atoms with van der Waals surface area (Å²) in [5.74, 6) is 0. The van der Waals surface area contributed by atoms with Crippen molar-refractivity contribution in [3.63, 3.8) is 0 Å². The number of piperidine rings is 1. The Balaban J connectivity index is 1.66. The molecule has 134 valence electrons. The molecule has 0 amide bonds. The van der Waals surface area contributed by atoms with Gasteiger partial charge in [0.2, 0.25) is 0 Å². The van der Waals surface area contributed by atoms with Gasteiger partial charge in [0.25, 0.3) is 0 Å². The van der Waals surface area contributed by atoms with Gasteiger partial charge in [-0.3, -0.25) is 10.0 Å². The first-order valence-corrected chi connectivity index (χ1v) is 10.6. The fourth-order valence-electron chi connectivity index (χ4n) is 3.39. The van der Waals surface area contributed by atoms with Gasteiger partial charge in [0, 0.05) is 28.5 Å². The van der Waals surface area contributed by atoms with Crippen molar-refractivity contribution in [1.82, 2.24) is 10.2 Å². The summed E-state index contributed by atoms with van der Waals surface area (Å²) in [6, 6.07) is 18.0. The molecule has 0 bridgehead atoms. The molecule has 1 heterocycles. The molecule has 25 heavy (non-hydrogen) atoms. The van der Waals surface area contributed by atoms with Crippen LogP contribution in [0, 0.1) is 0 Å². The highest BCUT2D eigenvalue weighted by Crippen LogP contribution is 2.19. The molecule has 0 atom stereocenters. The minimum atomic E-state index is 0.667. The lowest BCUT2D eigenvalue weighted by Crippen LogP contribution is -2.43. The van der Waals surface area contributed by atoms with Gasteiger partial charge < -0.3 is 5.32 Å². The van der Waals surface area contributed by atoms with Crippen molar-refractivity contribution in [2.45, 2.75) is 36.7 Å². The molecule has 0 spiro atoms. The highest BCUT2D eigenvalue weighted by atomic mass is 79.9. The Kier molecular flexibility index (Phi) is 7.37. The standard InChI is InChI=1S/C20H26BrN3S/c21-18-5-1-16(2-6-18)11-14-24(19-9-12-23-13-10-19)15-17-3-7-20(25-22)8-4-17/h1-8,19,23H,9-15,22H2. The number of hydrogen-bond acceptors (Lipinski definition) is 4. The molecule has 1 aliphatic heterocycles. The highest BCUT2D eigenvalue weighted by Gasteiger charge is 2.21. The molecule has 1 saturated heterocycles. The van der Waals surface area contributed by atoms with Gasteiger partial charge in [-0.15, -0.1) is 0 Å². The van der Waals surface area contributed by atoms with E-state index < -0.39 is 0 Å². The summed E-state index contributed by atoms with van der Waals surface area (Å²) in [5, 5.41) is 9.12. The van der Waals surface area contributed by atoms with E-state index in [4.69, 9.17) is 5.14 Å². The van der Waals surface area contributed by atoms with Gasteiger partial charge in [-0.2, -0.15) is 0 Å². The SMILES string of the molecule is NSc1ccc(CN(CCc2ccc(Br)cc2)C2CCNCC2)cc1. The summed E-state index contributed by atoms with van der Waals surface area (Å²) in [5.41, 5.74) is 2.77. The fourth-order valence-corrected chi connectivity index (χ4v) is 3.95. The summed E-state index contributed by atoms with van der Waals surface area (Å²) in [6.07, 6.45) is 3.56. The van der Waals surface area contributed by atoms with E-state index in [-0.39, 0.29) is 0 Å². The van der Waals surface area contributed by atoms with Crippen LogP contribution in [-0.2, 0) is 13.0 Å². The third-order valence-electron chi connectivity index (χ3n) is 4.87. The topological polar surface area (TPSA) is 41.3 Å². The zero-order chi connectivity index (χ0) is 17.5. The first kappa shape index (κ1) is 18.9. The van der Waals surface area contributed by atoms with E-state index in [0.717, 1.165) is 42.0 Å². The number of halogens is 1. The number of nitrogens with two attached hydrogens (primary N) is 1. The fraction of sp³-hybridized carbons (Fsp3) is 0.400. The minimum absolute atomic E-state index is 0.667. The van der Waals surface area contributed by atoms with E-state index in [1.54, 1.807) is 0 Å². The Morgan fingerprint density at radius 1 is 1.00 bits per heavy atom. The maximum atomic E-state index is 5.64. The summed E-state index contributed by atoms with van der Waals surface area (Å²) in [6.45, 7) is 4.36.